The fraction of sp³-hybridized carbons (Fsp3) is 0. The lowest BCUT2D eigenvalue weighted by atomic mass is 10.2. The predicted molar refractivity (Wildman–Crippen MR) is 76.3 cm³/mol. The Labute approximate surface area is 117 Å². The largest absolute Gasteiger partial charge is 0.287 e. The van der Waals surface area contributed by atoms with Gasteiger partial charge >= 0.3 is 0 Å². The Morgan fingerprint density at radius 1 is 1.26 bits per heavy atom. The van der Waals surface area contributed by atoms with E-state index in [0.29, 0.717) is 5.82 Å². The Hall–Kier alpha value is -2.28. The molecule has 0 aliphatic rings. The molecule has 0 unspecified atom stereocenters. The van der Waals surface area contributed by atoms with Crippen molar-refractivity contribution >= 4 is 33.6 Å². The number of rotatable bonds is 4. The zero-order valence-corrected chi connectivity index (χ0v) is 11.2. The second-order valence-electron chi connectivity index (χ2n) is 3.58. The van der Waals surface area contributed by atoms with E-state index in [1.807, 2.05) is 24.3 Å². The van der Waals surface area contributed by atoms with Gasteiger partial charge in [0.25, 0.3) is 5.69 Å². The van der Waals surface area contributed by atoms with E-state index in [-0.39, 0.29) is 5.69 Å². The molecule has 6 nitrogen and oxygen atoms in total. The van der Waals surface area contributed by atoms with Crippen molar-refractivity contribution in [2.45, 2.75) is 0 Å². The molecule has 0 saturated carbocycles. The van der Waals surface area contributed by atoms with Crippen LogP contribution in [0.4, 0.5) is 11.5 Å². The van der Waals surface area contributed by atoms with Crippen LogP contribution >= 0.6 is 15.9 Å². The van der Waals surface area contributed by atoms with E-state index in [1.54, 1.807) is 6.21 Å². The highest BCUT2D eigenvalue weighted by atomic mass is 79.9. The summed E-state index contributed by atoms with van der Waals surface area (Å²) in [7, 11) is 0. The maximum absolute atomic E-state index is 10.5. The van der Waals surface area contributed by atoms with E-state index in [0.717, 1.165) is 10.0 Å². The Bertz CT molecular complexity index is 596. The van der Waals surface area contributed by atoms with Crippen LogP contribution in [0.15, 0.2) is 52.2 Å². The zero-order valence-electron chi connectivity index (χ0n) is 9.65. The Morgan fingerprint density at radius 2 is 2.00 bits per heavy atom. The van der Waals surface area contributed by atoms with Crippen molar-refractivity contribution in [2.24, 2.45) is 5.10 Å². The first-order valence-corrected chi connectivity index (χ1v) is 6.09. The monoisotopic (exact) mass is 320 g/mol. The second kappa shape index (κ2) is 6.05. The van der Waals surface area contributed by atoms with Crippen molar-refractivity contribution in [1.29, 1.82) is 0 Å². The third-order valence-electron chi connectivity index (χ3n) is 2.22. The number of pyridine rings is 1. The quantitative estimate of drug-likeness (QED) is 0.533. The topological polar surface area (TPSA) is 80.4 Å². The highest BCUT2D eigenvalue weighted by Gasteiger charge is 2.04. The summed E-state index contributed by atoms with van der Waals surface area (Å²) in [6.07, 6.45) is 2.81. The van der Waals surface area contributed by atoms with Crippen molar-refractivity contribution in [3.63, 3.8) is 0 Å². The zero-order chi connectivity index (χ0) is 13.7. The van der Waals surface area contributed by atoms with E-state index in [1.165, 1.54) is 18.3 Å². The van der Waals surface area contributed by atoms with Gasteiger partial charge in [0.05, 0.1) is 11.1 Å². The Morgan fingerprint density at radius 3 is 2.58 bits per heavy atom. The van der Waals surface area contributed by atoms with Crippen LogP contribution < -0.4 is 5.43 Å². The van der Waals surface area contributed by atoms with Crippen molar-refractivity contribution in [3.8, 4) is 0 Å². The van der Waals surface area contributed by atoms with E-state index < -0.39 is 4.92 Å². The summed E-state index contributed by atoms with van der Waals surface area (Å²) >= 11 is 3.34. The highest BCUT2D eigenvalue weighted by molar-refractivity contribution is 9.10. The molecule has 0 aliphatic heterocycles. The molecule has 0 radical (unpaired) electrons. The molecular formula is C12H9BrN4O2. The lowest BCUT2D eigenvalue weighted by Gasteiger charge is -1.98. The van der Waals surface area contributed by atoms with Gasteiger partial charge in [-0.1, -0.05) is 28.1 Å². The summed E-state index contributed by atoms with van der Waals surface area (Å²) in [6, 6.07) is 10.5. The minimum Gasteiger partial charge on any atom is -0.261 e. The molecule has 0 saturated heterocycles. The molecule has 0 aliphatic carbocycles. The number of anilines is 1. The number of hydrogen-bond donors (Lipinski definition) is 1. The van der Waals surface area contributed by atoms with Gasteiger partial charge in [0.1, 0.15) is 12.0 Å². The third kappa shape index (κ3) is 3.85. The molecule has 0 bridgehead atoms. The van der Waals surface area contributed by atoms with Gasteiger partial charge < -0.3 is 0 Å². The second-order valence-corrected chi connectivity index (χ2v) is 4.50. The van der Waals surface area contributed by atoms with Crippen LogP contribution in [0.3, 0.4) is 0 Å². The van der Waals surface area contributed by atoms with Gasteiger partial charge in [-0.2, -0.15) is 5.10 Å². The smallest absolute Gasteiger partial charge is 0.261 e. The van der Waals surface area contributed by atoms with Crippen molar-refractivity contribution < 1.29 is 4.92 Å². The number of nitro groups is 1. The molecule has 2 aromatic rings. The molecule has 1 aromatic carbocycles. The number of nitrogens with zero attached hydrogens (tertiary/aromatic N) is 3. The molecule has 96 valence electrons. The average molecular weight is 321 g/mol. The highest BCUT2D eigenvalue weighted by Crippen LogP contribution is 2.12. The van der Waals surface area contributed by atoms with Gasteiger partial charge in [-0.25, -0.2) is 4.98 Å². The summed E-state index contributed by atoms with van der Waals surface area (Å²) < 4.78 is 0.995. The summed E-state index contributed by atoms with van der Waals surface area (Å²) in [6.45, 7) is 0. The van der Waals surface area contributed by atoms with Crippen molar-refractivity contribution in [2.75, 3.05) is 5.43 Å². The van der Waals surface area contributed by atoms with Gasteiger partial charge in [-0.05, 0) is 23.8 Å². The molecule has 1 heterocycles. The first kappa shape index (κ1) is 13.2. The molecule has 1 aromatic heterocycles. The lowest BCUT2D eigenvalue weighted by molar-refractivity contribution is -0.385. The average Bonchev–Trinajstić information content (AvgIpc) is 2.41. The molecule has 0 fully saturated rings. The van der Waals surface area contributed by atoms with Gasteiger partial charge in [0.15, 0.2) is 0 Å². The first-order valence-electron chi connectivity index (χ1n) is 5.30. The molecule has 19 heavy (non-hydrogen) atoms. The fourth-order valence-electron chi connectivity index (χ4n) is 1.28. The molecule has 1 N–H and O–H groups in total. The Kier molecular flexibility index (Phi) is 4.19. The van der Waals surface area contributed by atoms with Gasteiger partial charge in [0, 0.05) is 10.5 Å². The molecule has 0 amide bonds. The SMILES string of the molecule is O=[N+]([O-])c1ccc(N/N=C/c2ccc(Br)cc2)nc1. The summed E-state index contributed by atoms with van der Waals surface area (Å²) in [5.41, 5.74) is 3.57. The predicted octanol–water partition coefficient (Wildman–Crippen LogP) is 3.20. The van der Waals surface area contributed by atoms with Crippen LogP contribution in [0, 0.1) is 10.1 Å². The number of hydrazone groups is 1. The van der Waals surface area contributed by atoms with Crippen LogP contribution in [-0.4, -0.2) is 16.1 Å². The van der Waals surface area contributed by atoms with Crippen LogP contribution in [0.5, 0.6) is 0 Å². The number of aromatic nitrogens is 1. The van der Waals surface area contributed by atoms with Crippen molar-refractivity contribution in [1.82, 2.24) is 4.98 Å². The standard InChI is InChI=1S/C12H9BrN4O2/c13-10-3-1-9(2-4-10)7-15-16-12-6-5-11(8-14-12)17(18)19/h1-8H,(H,14,16)/b15-7+. The summed E-state index contributed by atoms with van der Waals surface area (Å²) in [4.78, 5) is 13.8. The molecule has 2 rings (SSSR count). The molecular weight excluding hydrogens is 312 g/mol. The molecule has 0 spiro atoms. The third-order valence-corrected chi connectivity index (χ3v) is 2.75. The van der Waals surface area contributed by atoms with E-state index in [9.17, 15) is 10.1 Å². The summed E-state index contributed by atoms with van der Waals surface area (Å²) in [5.74, 6) is 0.443. The fourth-order valence-corrected chi connectivity index (χ4v) is 1.55. The maximum Gasteiger partial charge on any atom is 0.287 e. The minimum atomic E-state index is -0.498. The van der Waals surface area contributed by atoms with Gasteiger partial charge in [0.2, 0.25) is 0 Å². The molecule has 0 atom stereocenters. The van der Waals surface area contributed by atoms with E-state index >= 15 is 0 Å². The number of hydrogen-bond acceptors (Lipinski definition) is 5. The van der Waals surface area contributed by atoms with E-state index in [4.69, 9.17) is 0 Å². The van der Waals surface area contributed by atoms with E-state index in [2.05, 4.69) is 31.4 Å². The van der Waals surface area contributed by atoms with Crippen molar-refractivity contribution in [3.05, 3.63) is 62.7 Å². The normalized spacial score (nSPS) is 10.6. The Balaban J connectivity index is 1.98. The summed E-state index contributed by atoms with van der Waals surface area (Å²) in [5, 5.41) is 14.4. The van der Waals surface area contributed by atoms with Crippen LogP contribution in [0.25, 0.3) is 0 Å². The number of nitrogens with one attached hydrogen (secondary N) is 1. The van der Waals surface area contributed by atoms with Crippen LogP contribution in [-0.2, 0) is 0 Å². The maximum atomic E-state index is 10.5. The first-order chi connectivity index (χ1) is 9.15. The number of benzene rings is 1. The minimum absolute atomic E-state index is 0.0533. The van der Waals surface area contributed by atoms with Gasteiger partial charge in [-0.3, -0.25) is 15.5 Å². The lowest BCUT2D eigenvalue weighted by Crippen LogP contribution is -1.95. The van der Waals surface area contributed by atoms with Gasteiger partial charge in [-0.15, -0.1) is 0 Å². The number of halogens is 1. The molecule has 7 heteroatoms. The van der Waals surface area contributed by atoms with Crippen LogP contribution in [0.2, 0.25) is 0 Å². The van der Waals surface area contributed by atoms with Crippen LogP contribution in [0.1, 0.15) is 5.56 Å².